The molecule has 1 heterocycles. The predicted octanol–water partition coefficient (Wildman–Crippen LogP) is 0.636. The highest BCUT2D eigenvalue weighted by Crippen LogP contribution is 2.19. The van der Waals surface area contributed by atoms with Gasteiger partial charge < -0.3 is 10.5 Å². The molecule has 0 fully saturated rings. The number of aryl methyl sites for hydroxylation is 1. The van der Waals surface area contributed by atoms with Crippen LogP contribution in [0.4, 0.5) is 0 Å². The zero-order valence-electron chi connectivity index (χ0n) is 12.0. The number of nitrogens with zero attached hydrogens (tertiary/aromatic N) is 2. The number of benzene rings is 1. The van der Waals surface area contributed by atoms with Gasteiger partial charge in [-0.25, -0.2) is 4.68 Å². The molecule has 6 nitrogen and oxygen atoms in total. The molecule has 0 unspecified atom stereocenters. The number of nitrogens with two attached hydrogens (primary N) is 1. The number of para-hydroxylation sites is 1. The Bertz CT molecular complexity index is 722. The van der Waals surface area contributed by atoms with Crippen LogP contribution in [0.1, 0.15) is 16.8 Å². The number of methoxy groups -OCH3 is 1. The van der Waals surface area contributed by atoms with Gasteiger partial charge in [-0.2, -0.15) is 5.10 Å². The van der Waals surface area contributed by atoms with E-state index < -0.39 is 5.91 Å². The van der Waals surface area contributed by atoms with Crippen LogP contribution >= 0.6 is 0 Å². The number of ether oxygens (including phenoxy) is 1. The summed E-state index contributed by atoms with van der Waals surface area (Å²) in [5.41, 5.74) is 6.92. The standard InChI is InChI=1S/C15H17N3O3/c1-10-7-12(15(20)18(17-10)9-14(16)19)8-11-5-3-4-6-13(11)21-2/h3-7H,8-9H2,1-2H3,(H2,16,19). The highest BCUT2D eigenvalue weighted by molar-refractivity contribution is 5.73. The molecule has 0 bridgehead atoms. The first-order chi connectivity index (χ1) is 10.0. The Hall–Kier alpha value is -2.63. The molecule has 1 aromatic heterocycles. The number of hydrogen-bond donors (Lipinski definition) is 1. The summed E-state index contributed by atoms with van der Waals surface area (Å²) in [4.78, 5) is 23.3. The van der Waals surface area contributed by atoms with Crippen LogP contribution in [0, 0.1) is 6.92 Å². The van der Waals surface area contributed by atoms with Gasteiger partial charge in [-0.05, 0) is 24.6 Å². The zero-order valence-corrected chi connectivity index (χ0v) is 12.0. The molecule has 0 aliphatic rings. The number of hydrogen-bond acceptors (Lipinski definition) is 4. The van der Waals surface area contributed by atoms with Crippen molar-refractivity contribution < 1.29 is 9.53 Å². The lowest BCUT2D eigenvalue weighted by Gasteiger charge is -2.10. The van der Waals surface area contributed by atoms with E-state index in [2.05, 4.69) is 5.10 Å². The molecular weight excluding hydrogens is 270 g/mol. The van der Waals surface area contributed by atoms with Crippen molar-refractivity contribution in [3.8, 4) is 5.75 Å². The summed E-state index contributed by atoms with van der Waals surface area (Å²) in [6.07, 6.45) is 0.408. The van der Waals surface area contributed by atoms with E-state index in [1.807, 2.05) is 24.3 Å². The van der Waals surface area contributed by atoms with E-state index >= 15 is 0 Å². The number of amides is 1. The Morgan fingerprint density at radius 1 is 1.33 bits per heavy atom. The topological polar surface area (TPSA) is 87.2 Å². The number of carbonyl (C=O) groups excluding carboxylic acids is 1. The normalized spacial score (nSPS) is 10.4. The molecule has 2 rings (SSSR count). The van der Waals surface area contributed by atoms with Crippen LogP contribution in [0.3, 0.4) is 0 Å². The van der Waals surface area contributed by atoms with Gasteiger partial charge in [0.2, 0.25) is 5.91 Å². The minimum absolute atomic E-state index is 0.223. The Balaban J connectivity index is 2.42. The van der Waals surface area contributed by atoms with Crippen LogP contribution < -0.4 is 16.0 Å². The van der Waals surface area contributed by atoms with Crippen LogP contribution in [0.5, 0.6) is 5.75 Å². The third-order valence-corrected chi connectivity index (χ3v) is 3.05. The average Bonchev–Trinajstić information content (AvgIpc) is 2.44. The number of carbonyl (C=O) groups is 1. The summed E-state index contributed by atoms with van der Waals surface area (Å²) in [7, 11) is 1.59. The molecule has 0 aliphatic carbocycles. The molecule has 2 N–H and O–H groups in total. The highest BCUT2D eigenvalue weighted by Gasteiger charge is 2.11. The fourth-order valence-corrected chi connectivity index (χ4v) is 2.18. The fraction of sp³-hybridized carbons (Fsp3) is 0.267. The molecule has 2 aromatic rings. The molecule has 0 saturated carbocycles. The summed E-state index contributed by atoms with van der Waals surface area (Å²) in [6.45, 7) is 1.54. The van der Waals surface area contributed by atoms with Crippen LogP contribution in [0.25, 0.3) is 0 Å². The molecule has 21 heavy (non-hydrogen) atoms. The molecule has 1 amide bonds. The largest absolute Gasteiger partial charge is 0.496 e. The van der Waals surface area contributed by atoms with Crippen LogP contribution in [-0.4, -0.2) is 22.8 Å². The lowest BCUT2D eigenvalue weighted by Crippen LogP contribution is -2.32. The van der Waals surface area contributed by atoms with Gasteiger partial charge in [-0.1, -0.05) is 18.2 Å². The summed E-state index contributed by atoms with van der Waals surface area (Å²) < 4.78 is 6.38. The van der Waals surface area contributed by atoms with Crippen LogP contribution in [-0.2, 0) is 17.8 Å². The van der Waals surface area contributed by atoms with Gasteiger partial charge in [-0.3, -0.25) is 9.59 Å². The zero-order chi connectivity index (χ0) is 15.4. The van der Waals surface area contributed by atoms with Crippen molar-refractivity contribution in [3.63, 3.8) is 0 Å². The first-order valence-corrected chi connectivity index (χ1v) is 6.49. The Labute approximate surface area is 122 Å². The van der Waals surface area contributed by atoms with Crippen molar-refractivity contribution in [2.24, 2.45) is 5.73 Å². The molecule has 0 aliphatic heterocycles. The number of primary amides is 1. The van der Waals surface area contributed by atoms with Gasteiger partial charge in [0, 0.05) is 12.0 Å². The smallest absolute Gasteiger partial charge is 0.270 e. The second-order valence-corrected chi connectivity index (χ2v) is 4.73. The molecular formula is C15H17N3O3. The summed E-state index contributed by atoms with van der Waals surface area (Å²) in [5, 5.41) is 4.03. The van der Waals surface area contributed by atoms with Crippen molar-refractivity contribution >= 4 is 5.91 Å². The summed E-state index contributed by atoms with van der Waals surface area (Å²) >= 11 is 0. The minimum Gasteiger partial charge on any atom is -0.496 e. The van der Waals surface area contributed by atoms with Gasteiger partial charge in [-0.15, -0.1) is 0 Å². The van der Waals surface area contributed by atoms with Gasteiger partial charge in [0.1, 0.15) is 12.3 Å². The molecule has 0 atom stereocenters. The van der Waals surface area contributed by atoms with Crippen molar-refractivity contribution in [2.75, 3.05) is 7.11 Å². The Morgan fingerprint density at radius 2 is 2.05 bits per heavy atom. The molecule has 6 heteroatoms. The molecule has 0 saturated heterocycles. The lowest BCUT2D eigenvalue weighted by molar-refractivity contribution is -0.118. The quantitative estimate of drug-likeness (QED) is 0.874. The predicted molar refractivity (Wildman–Crippen MR) is 78.2 cm³/mol. The summed E-state index contributed by atoms with van der Waals surface area (Å²) in [5.74, 6) is 0.117. The van der Waals surface area contributed by atoms with Gasteiger partial charge in [0.25, 0.3) is 5.56 Å². The molecule has 1 aromatic carbocycles. The lowest BCUT2D eigenvalue weighted by atomic mass is 10.1. The van der Waals surface area contributed by atoms with Crippen molar-refractivity contribution in [2.45, 2.75) is 19.9 Å². The second kappa shape index (κ2) is 6.21. The SMILES string of the molecule is COc1ccccc1Cc1cc(C)nn(CC(N)=O)c1=O. The maximum absolute atomic E-state index is 12.3. The third kappa shape index (κ3) is 3.47. The van der Waals surface area contributed by atoms with E-state index in [0.717, 1.165) is 10.2 Å². The maximum Gasteiger partial charge on any atom is 0.270 e. The summed E-state index contributed by atoms with van der Waals surface area (Å²) in [6, 6.07) is 9.20. The maximum atomic E-state index is 12.3. The van der Waals surface area contributed by atoms with E-state index in [1.165, 1.54) is 0 Å². The van der Waals surface area contributed by atoms with E-state index in [1.54, 1.807) is 20.1 Å². The van der Waals surface area contributed by atoms with E-state index in [4.69, 9.17) is 10.5 Å². The third-order valence-electron chi connectivity index (χ3n) is 3.05. The van der Waals surface area contributed by atoms with Gasteiger partial charge >= 0.3 is 0 Å². The average molecular weight is 287 g/mol. The number of rotatable bonds is 5. The Morgan fingerprint density at radius 3 is 2.71 bits per heavy atom. The monoisotopic (exact) mass is 287 g/mol. The first kappa shape index (κ1) is 14.8. The van der Waals surface area contributed by atoms with Crippen molar-refractivity contribution in [1.82, 2.24) is 9.78 Å². The second-order valence-electron chi connectivity index (χ2n) is 4.73. The number of aromatic nitrogens is 2. The first-order valence-electron chi connectivity index (χ1n) is 6.49. The van der Waals surface area contributed by atoms with E-state index in [-0.39, 0.29) is 12.1 Å². The highest BCUT2D eigenvalue weighted by atomic mass is 16.5. The molecule has 0 radical (unpaired) electrons. The molecule has 0 spiro atoms. The minimum atomic E-state index is -0.599. The van der Waals surface area contributed by atoms with Crippen LogP contribution in [0.2, 0.25) is 0 Å². The van der Waals surface area contributed by atoms with Crippen molar-refractivity contribution in [1.29, 1.82) is 0 Å². The molecule has 110 valence electrons. The van der Waals surface area contributed by atoms with E-state index in [9.17, 15) is 9.59 Å². The van der Waals surface area contributed by atoms with E-state index in [0.29, 0.717) is 23.4 Å². The van der Waals surface area contributed by atoms with Gasteiger partial charge in [0.15, 0.2) is 0 Å². The van der Waals surface area contributed by atoms with Crippen LogP contribution in [0.15, 0.2) is 35.1 Å². The Kier molecular flexibility index (Phi) is 4.37. The van der Waals surface area contributed by atoms with Crippen molar-refractivity contribution in [3.05, 3.63) is 57.5 Å². The van der Waals surface area contributed by atoms with Gasteiger partial charge in [0.05, 0.1) is 12.8 Å². The fourth-order valence-electron chi connectivity index (χ4n) is 2.18.